The fourth-order valence-corrected chi connectivity index (χ4v) is 3.40. The minimum atomic E-state index is -0.143. The lowest BCUT2D eigenvalue weighted by molar-refractivity contribution is -0.130. The monoisotopic (exact) mass is 347 g/mol. The van der Waals surface area contributed by atoms with Crippen LogP contribution < -0.4 is 5.32 Å². The van der Waals surface area contributed by atoms with E-state index in [-0.39, 0.29) is 18.1 Å². The van der Waals surface area contributed by atoms with Gasteiger partial charge in [0.05, 0.1) is 6.10 Å². The van der Waals surface area contributed by atoms with E-state index >= 15 is 0 Å². The van der Waals surface area contributed by atoms with Gasteiger partial charge in [-0.3, -0.25) is 9.69 Å². The number of aliphatic hydroxyl groups excluding tert-OH is 1. The van der Waals surface area contributed by atoms with Crippen molar-refractivity contribution in [3.63, 3.8) is 0 Å². The number of hydrogen-bond donors (Lipinski definition) is 2. The van der Waals surface area contributed by atoms with Crippen LogP contribution in [0.25, 0.3) is 0 Å². The standard InChI is InChI=1S/C20H33N3O2/c1-4-23(5-2)20(25)14-16(3)21-19-9-7-6-8-17(19)15-22-12-10-18(24)11-13-22/h6-9,16,18,21,24H,4-5,10-15H2,1-3H3. The van der Waals surface area contributed by atoms with Gasteiger partial charge in [0.25, 0.3) is 0 Å². The van der Waals surface area contributed by atoms with Gasteiger partial charge < -0.3 is 15.3 Å². The van der Waals surface area contributed by atoms with Crippen LogP contribution in [0, 0.1) is 0 Å². The SMILES string of the molecule is CCN(CC)C(=O)CC(C)Nc1ccccc1CN1CCC(O)CC1. The smallest absolute Gasteiger partial charge is 0.224 e. The molecule has 1 amide bonds. The molecule has 1 saturated heterocycles. The van der Waals surface area contributed by atoms with Crippen LogP contribution in [0.2, 0.25) is 0 Å². The maximum absolute atomic E-state index is 12.3. The van der Waals surface area contributed by atoms with Crippen LogP contribution >= 0.6 is 0 Å². The lowest BCUT2D eigenvalue weighted by atomic mass is 10.1. The molecule has 1 aromatic carbocycles. The molecule has 1 unspecified atom stereocenters. The van der Waals surface area contributed by atoms with E-state index < -0.39 is 0 Å². The molecule has 0 radical (unpaired) electrons. The summed E-state index contributed by atoms with van der Waals surface area (Å²) in [7, 11) is 0. The number of anilines is 1. The second kappa shape index (κ2) is 9.78. The summed E-state index contributed by atoms with van der Waals surface area (Å²) >= 11 is 0. The Morgan fingerprint density at radius 1 is 1.28 bits per heavy atom. The van der Waals surface area contributed by atoms with E-state index in [1.807, 2.05) is 24.8 Å². The third-order valence-electron chi connectivity index (χ3n) is 4.97. The number of piperidine rings is 1. The van der Waals surface area contributed by atoms with E-state index in [0.29, 0.717) is 6.42 Å². The molecule has 0 saturated carbocycles. The van der Waals surface area contributed by atoms with Gasteiger partial charge >= 0.3 is 0 Å². The number of carbonyl (C=O) groups excluding carboxylic acids is 1. The normalized spacial score (nSPS) is 17.3. The summed E-state index contributed by atoms with van der Waals surface area (Å²) in [4.78, 5) is 16.6. The number of carbonyl (C=O) groups is 1. The zero-order valence-electron chi connectivity index (χ0n) is 15.9. The number of para-hydroxylation sites is 1. The number of nitrogens with zero attached hydrogens (tertiary/aromatic N) is 2. The highest BCUT2D eigenvalue weighted by atomic mass is 16.3. The molecule has 5 heteroatoms. The van der Waals surface area contributed by atoms with Gasteiger partial charge in [0, 0.05) is 50.9 Å². The molecule has 5 nitrogen and oxygen atoms in total. The van der Waals surface area contributed by atoms with Gasteiger partial charge in [-0.2, -0.15) is 0 Å². The Balaban J connectivity index is 1.94. The van der Waals surface area contributed by atoms with Crippen LogP contribution in [0.5, 0.6) is 0 Å². The first-order valence-electron chi connectivity index (χ1n) is 9.56. The highest BCUT2D eigenvalue weighted by Crippen LogP contribution is 2.21. The summed E-state index contributed by atoms with van der Waals surface area (Å²) in [6.45, 7) is 10.4. The number of aliphatic hydroxyl groups is 1. The van der Waals surface area contributed by atoms with Crippen molar-refractivity contribution in [3.8, 4) is 0 Å². The second-order valence-corrected chi connectivity index (χ2v) is 6.98. The Labute approximate surface area is 152 Å². The average Bonchev–Trinajstić information content (AvgIpc) is 2.59. The van der Waals surface area contributed by atoms with Crippen LogP contribution in [-0.4, -0.2) is 59.1 Å². The highest BCUT2D eigenvalue weighted by Gasteiger charge is 2.19. The third kappa shape index (κ3) is 6.01. The first-order valence-corrected chi connectivity index (χ1v) is 9.56. The van der Waals surface area contributed by atoms with Crippen molar-refractivity contribution in [2.45, 2.75) is 58.7 Å². The Hall–Kier alpha value is -1.59. The molecule has 0 spiro atoms. The fourth-order valence-electron chi connectivity index (χ4n) is 3.40. The van der Waals surface area contributed by atoms with Crippen LogP contribution in [0.4, 0.5) is 5.69 Å². The molecule has 1 aliphatic rings. The van der Waals surface area contributed by atoms with Gasteiger partial charge in [-0.1, -0.05) is 18.2 Å². The zero-order valence-corrected chi connectivity index (χ0v) is 15.9. The minimum absolute atomic E-state index is 0.0948. The molecular weight excluding hydrogens is 314 g/mol. The van der Waals surface area contributed by atoms with E-state index in [4.69, 9.17) is 0 Å². The van der Waals surface area contributed by atoms with Crippen molar-refractivity contribution < 1.29 is 9.90 Å². The highest BCUT2D eigenvalue weighted by molar-refractivity contribution is 5.77. The first-order chi connectivity index (χ1) is 12.0. The molecule has 1 aliphatic heterocycles. The molecule has 0 bridgehead atoms. The number of amides is 1. The van der Waals surface area contributed by atoms with Gasteiger partial charge in [0.1, 0.15) is 0 Å². The van der Waals surface area contributed by atoms with Crippen molar-refractivity contribution in [1.82, 2.24) is 9.80 Å². The Morgan fingerprint density at radius 3 is 2.56 bits per heavy atom. The summed E-state index contributed by atoms with van der Waals surface area (Å²) in [5.41, 5.74) is 2.36. The summed E-state index contributed by atoms with van der Waals surface area (Å²) < 4.78 is 0. The zero-order chi connectivity index (χ0) is 18.2. The third-order valence-corrected chi connectivity index (χ3v) is 4.97. The number of nitrogens with one attached hydrogen (secondary N) is 1. The number of hydrogen-bond acceptors (Lipinski definition) is 4. The number of rotatable bonds is 8. The molecule has 2 rings (SSSR count). The van der Waals surface area contributed by atoms with Gasteiger partial charge in [-0.05, 0) is 45.2 Å². The van der Waals surface area contributed by atoms with Gasteiger partial charge in [-0.25, -0.2) is 0 Å². The fraction of sp³-hybridized carbons (Fsp3) is 0.650. The molecule has 140 valence electrons. The van der Waals surface area contributed by atoms with Crippen molar-refractivity contribution in [2.75, 3.05) is 31.5 Å². The van der Waals surface area contributed by atoms with Crippen molar-refractivity contribution in [2.24, 2.45) is 0 Å². The Morgan fingerprint density at radius 2 is 1.92 bits per heavy atom. The predicted octanol–water partition coefficient (Wildman–Crippen LogP) is 2.70. The van der Waals surface area contributed by atoms with Crippen molar-refractivity contribution >= 4 is 11.6 Å². The largest absolute Gasteiger partial charge is 0.393 e. The average molecular weight is 348 g/mol. The molecule has 1 fully saturated rings. The van der Waals surface area contributed by atoms with E-state index in [9.17, 15) is 9.90 Å². The van der Waals surface area contributed by atoms with Crippen LogP contribution in [0.3, 0.4) is 0 Å². The second-order valence-electron chi connectivity index (χ2n) is 6.98. The van der Waals surface area contributed by atoms with E-state index in [1.165, 1.54) is 5.56 Å². The van der Waals surface area contributed by atoms with Crippen molar-refractivity contribution in [3.05, 3.63) is 29.8 Å². The number of benzene rings is 1. The Kier molecular flexibility index (Phi) is 7.72. The minimum Gasteiger partial charge on any atom is -0.393 e. The summed E-state index contributed by atoms with van der Waals surface area (Å²) in [5, 5.41) is 13.2. The maximum Gasteiger partial charge on any atom is 0.224 e. The van der Waals surface area contributed by atoms with Crippen LogP contribution in [0.1, 0.15) is 45.6 Å². The van der Waals surface area contributed by atoms with Crippen molar-refractivity contribution in [1.29, 1.82) is 0 Å². The lowest BCUT2D eigenvalue weighted by Crippen LogP contribution is -2.36. The van der Waals surface area contributed by atoms with Gasteiger partial charge in [0.15, 0.2) is 0 Å². The van der Waals surface area contributed by atoms with Crippen LogP contribution in [-0.2, 0) is 11.3 Å². The predicted molar refractivity (Wildman–Crippen MR) is 103 cm³/mol. The summed E-state index contributed by atoms with van der Waals surface area (Å²) in [6.07, 6.45) is 2.07. The quantitative estimate of drug-likeness (QED) is 0.759. The number of likely N-dealkylation sites (tertiary alicyclic amines) is 1. The summed E-state index contributed by atoms with van der Waals surface area (Å²) in [6, 6.07) is 8.42. The first kappa shape index (κ1) is 19.7. The molecule has 1 atom stereocenters. The van der Waals surface area contributed by atoms with Gasteiger partial charge in [0.2, 0.25) is 5.91 Å². The maximum atomic E-state index is 12.3. The molecule has 1 aromatic rings. The topological polar surface area (TPSA) is 55.8 Å². The molecule has 2 N–H and O–H groups in total. The van der Waals surface area contributed by atoms with E-state index in [1.54, 1.807) is 0 Å². The lowest BCUT2D eigenvalue weighted by Gasteiger charge is -2.30. The molecule has 1 heterocycles. The van der Waals surface area contributed by atoms with E-state index in [2.05, 4.69) is 35.3 Å². The van der Waals surface area contributed by atoms with Crippen LogP contribution in [0.15, 0.2) is 24.3 Å². The Bertz CT molecular complexity index is 537. The van der Waals surface area contributed by atoms with E-state index in [0.717, 1.165) is 51.3 Å². The molecule has 0 aromatic heterocycles. The summed E-state index contributed by atoms with van der Waals surface area (Å²) in [5.74, 6) is 0.201. The molecular formula is C20H33N3O2. The van der Waals surface area contributed by atoms with Gasteiger partial charge in [-0.15, -0.1) is 0 Å². The molecule has 0 aliphatic carbocycles. The molecule has 25 heavy (non-hydrogen) atoms.